The van der Waals surface area contributed by atoms with Gasteiger partial charge in [-0.2, -0.15) is 0 Å². The van der Waals surface area contributed by atoms with Gasteiger partial charge in [0.15, 0.2) is 23.0 Å². The number of hydrogen-bond acceptors (Lipinski definition) is 5. The van der Waals surface area contributed by atoms with Crippen molar-refractivity contribution in [1.29, 1.82) is 0 Å². The monoisotopic (exact) mass is 330 g/mol. The first-order valence-electron chi connectivity index (χ1n) is 7.78. The van der Waals surface area contributed by atoms with Gasteiger partial charge in [0.2, 0.25) is 0 Å². The van der Waals surface area contributed by atoms with Gasteiger partial charge < -0.3 is 19.7 Å². The summed E-state index contributed by atoms with van der Waals surface area (Å²) in [7, 11) is 2.86. The third-order valence-electron chi connectivity index (χ3n) is 3.87. The van der Waals surface area contributed by atoms with Crippen molar-refractivity contribution in [2.24, 2.45) is 0 Å². The van der Waals surface area contributed by atoms with Crippen LogP contribution in [0.25, 0.3) is 0 Å². The molecule has 0 aliphatic carbocycles. The fourth-order valence-electron chi connectivity index (χ4n) is 2.59. The molecule has 0 heterocycles. The van der Waals surface area contributed by atoms with Gasteiger partial charge in [0.25, 0.3) is 0 Å². The minimum absolute atomic E-state index is 0.119. The van der Waals surface area contributed by atoms with E-state index in [0.717, 1.165) is 5.56 Å². The van der Waals surface area contributed by atoms with Gasteiger partial charge in [-0.25, -0.2) is 0 Å². The number of carbonyl (C=O) groups is 1. The maximum absolute atomic E-state index is 12.0. The quantitative estimate of drug-likeness (QED) is 0.777. The summed E-state index contributed by atoms with van der Waals surface area (Å²) in [6, 6.07) is 11.0. The average Bonchev–Trinajstić information content (AvgIpc) is 2.59. The second-order valence-electron chi connectivity index (χ2n) is 5.51. The lowest BCUT2D eigenvalue weighted by molar-refractivity contribution is -0.118. The molecule has 0 fully saturated rings. The number of rotatable bonds is 8. The maximum Gasteiger partial charge on any atom is 0.164 e. The SMILES string of the molecule is COc1cc(OC)c(O)c(CCCC(=O)Cc2ccccc2)c1O. The van der Waals surface area contributed by atoms with E-state index in [2.05, 4.69) is 0 Å². The predicted molar refractivity (Wildman–Crippen MR) is 91.0 cm³/mol. The van der Waals surface area contributed by atoms with Crippen LogP contribution in [0.15, 0.2) is 36.4 Å². The number of ether oxygens (including phenoxy) is 2. The molecular formula is C19H22O5. The molecule has 0 radical (unpaired) electrons. The van der Waals surface area contributed by atoms with Gasteiger partial charge in [-0.1, -0.05) is 30.3 Å². The maximum atomic E-state index is 12.0. The molecule has 2 rings (SSSR count). The Balaban J connectivity index is 2.00. The minimum atomic E-state index is -0.119. The number of Topliss-reactive ketones (excluding diaryl/α,β-unsaturated/α-hetero) is 1. The molecule has 2 aromatic rings. The van der Waals surface area contributed by atoms with Crippen molar-refractivity contribution in [3.8, 4) is 23.0 Å². The Morgan fingerprint density at radius 1 is 1.00 bits per heavy atom. The van der Waals surface area contributed by atoms with Crippen molar-refractivity contribution in [2.45, 2.75) is 25.7 Å². The van der Waals surface area contributed by atoms with E-state index >= 15 is 0 Å². The molecule has 0 saturated carbocycles. The van der Waals surface area contributed by atoms with Crippen LogP contribution in [0.5, 0.6) is 23.0 Å². The molecule has 0 saturated heterocycles. The summed E-state index contributed by atoms with van der Waals surface area (Å²) in [4.78, 5) is 12.0. The number of carbonyl (C=O) groups excluding carboxylic acids is 1. The Kier molecular flexibility index (Phi) is 6.07. The zero-order valence-corrected chi connectivity index (χ0v) is 13.9. The van der Waals surface area contributed by atoms with E-state index < -0.39 is 0 Å². The Morgan fingerprint density at radius 3 is 2.12 bits per heavy atom. The summed E-state index contributed by atoms with van der Waals surface area (Å²) in [6.07, 6.45) is 1.63. The highest BCUT2D eigenvalue weighted by Crippen LogP contribution is 2.43. The van der Waals surface area contributed by atoms with E-state index in [1.54, 1.807) is 0 Å². The van der Waals surface area contributed by atoms with E-state index in [4.69, 9.17) is 9.47 Å². The third kappa shape index (κ3) is 4.19. The Morgan fingerprint density at radius 2 is 1.58 bits per heavy atom. The van der Waals surface area contributed by atoms with E-state index in [1.165, 1.54) is 20.3 Å². The summed E-state index contributed by atoms with van der Waals surface area (Å²) < 4.78 is 10.2. The van der Waals surface area contributed by atoms with Crippen LogP contribution in [-0.4, -0.2) is 30.2 Å². The lowest BCUT2D eigenvalue weighted by Crippen LogP contribution is -2.03. The Labute approximate surface area is 141 Å². The first-order valence-corrected chi connectivity index (χ1v) is 7.78. The van der Waals surface area contributed by atoms with Gasteiger partial charge in [-0.3, -0.25) is 4.79 Å². The van der Waals surface area contributed by atoms with Crippen molar-refractivity contribution in [1.82, 2.24) is 0 Å². The Hall–Kier alpha value is -2.69. The minimum Gasteiger partial charge on any atom is -0.504 e. The summed E-state index contributed by atoms with van der Waals surface area (Å²) in [6.45, 7) is 0. The lowest BCUT2D eigenvalue weighted by Gasteiger charge is -2.14. The molecule has 0 amide bonds. The summed E-state index contributed by atoms with van der Waals surface area (Å²) in [5.74, 6) is 0.346. The number of ketones is 1. The molecule has 0 spiro atoms. The van der Waals surface area contributed by atoms with Crippen molar-refractivity contribution in [3.05, 3.63) is 47.5 Å². The van der Waals surface area contributed by atoms with Gasteiger partial charge in [-0.15, -0.1) is 0 Å². The molecule has 5 heteroatoms. The number of phenols is 2. The second-order valence-corrected chi connectivity index (χ2v) is 5.51. The van der Waals surface area contributed by atoms with Gasteiger partial charge in [0.1, 0.15) is 5.78 Å². The number of methoxy groups -OCH3 is 2. The summed E-state index contributed by atoms with van der Waals surface area (Å²) in [5.41, 5.74) is 1.31. The van der Waals surface area contributed by atoms with Gasteiger partial charge >= 0.3 is 0 Å². The third-order valence-corrected chi connectivity index (χ3v) is 3.87. The van der Waals surface area contributed by atoms with Crippen LogP contribution in [0.4, 0.5) is 0 Å². The molecule has 2 aromatic carbocycles. The van der Waals surface area contributed by atoms with Gasteiger partial charge in [0, 0.05) is 24.5 Å². The largest absolute Gasteiger partial charge is 0.504 e. The van der Waals surface area contributed by atoms with Crippen LogP contribution in [0.1, 0.15) is 24.0 Å². The van der Waals surface area contributed by atoms with Crippen molar-refractivity contribution in [2.75, 3.05) is 14.2 Å². The fourth-order valence-corrected chi connectivity index (χ4v) is 2.59. The van der Waals surface area contributed by atoms with Crippen molar-refractivity contribution in [3.63, 3.8) is 0 Å². The normalized spacial score (nSPS) is 10.4. The zero-order valence-electron chi connectivity index (χ0n) is 13.9. The average molecular weight is 330 g/mol. The molecule has 0 aromatic heterocycles. The van der Waals surface area contributed by atoms with Crippen LogP contribution < -0.4 is 9.47 Å². The van der Waals surface area contributed by atoms with E-state index in [0.29, 0.717) is 31.2 Å². The molecular weight excluding hydrogens is 308 g/mol. The van der Waals surface area contributed by atoms with Gasteiger partial charge in [-0.05, 0) is 18.4 Å². The molecule has 128 valence electrons. The highest BCUT2D eigenvalue weighted by molar-refractivity contribution is 5.80. The zero-order chi connectivity index (χ0) is 17.5. The van der Waals surface area contributed by atoms with Crippen molar-refractivity contribution >= 4 is 5.78 Å². The first kappa shape index (κ1) is 17.7. The van der Waals surface area contributed by atoms with E-state index in [9.17, 15) is 15.0 Å². The summed E-state index contributed by atoms with van der Waals surface area (Å²) in [5, 5.41) is 20.3. The molecule has 0 aliphatic heterocycles. The van der Waals surface area contributed by atoms with Crippen LogP contribution in [0.2, 0.25) is 0 Å². The topological polar surface area (TPSA) is 76.0 Å². The molecule has 24 heavy (non-hydrogen) atoms. The molecule has 0 atom stereocenters. The molecule has 2 N–H and O–H groups in total. The van der Waals surface area contributed by atoms with E-state index in [-0.39, 0.29) is 28.8 Å². The number of benzene rings is 2. The smallest absolute Gasteiger partial charge is 0.164 e. The number of aromatic hydroxyl groups is 2. The molecule has 0 bridgehead atoms. The van der Waals surface area contributed by atoms with Crippen LogP contribution in [-0.2, 0) is 17.6 Å². The standard InChI is InChI=1S/C19H22O5/c1-23-16-12-17(24-2)19(22)15(18(16)21)10-6-9-14(20)11-13-7-4-3-5-8-13/h3-5,7-8,12,21-22H,6,9-11H2,1-2H3. The Bertz CT molecular complexity index is 666. The predicted octanol–water partition coefficient (Wildman–Crippen LogP) is 3.25. The van der Waals surface area contributed by atoms with Crippen LogP contribution >= 0.6 is 0 Å². The first-order chi connectivity index (χ1) is 11.6. The summed E-state index contributed by atoms with van der Waals surface area (Å²) >= 11 is 0. The fraction of sp³-hybridized carbons (Fsp3) is 0.316. The van der Waals surface area contributed by atoms with E-state index in [1.807, 2.05) is 30.3 Å². The number of hydrogen-bond donors (Lipinski definition) is 2. The highest BCUT2D eigenvalue weighted by atomic mass is 16.5. The molecule has 0 unspecified atom stereocenters. The lowest BCUT2D eigenvalue weighted by atomic mass is 10.0. The van der Waals surface area contributed by atoms with Crippen molar-refractivity contribution < 1.29 is 24.5 Å². The second kappa shape index (κ2) is 8.24. The van der Waals surface area contributed by atoms with Gasteiger partial charge in [0.05, 0.1) is 14.2 Å². The number of phenolic OH excluding ortho intramolecular Hbond substituents is 2. The highest BCUT2D eigenvalue weighted by Gasteiger charge is 2.18. The van der Waals surface area contributed by atoms with Crippen LogP contribution in [0.3, 0.4) is 0 Å². The molecule has 5 nitrogen and oxygen atoms in total. The van der Waals surface area contributed by atoms with Crippen LogP contribution in [0, 0.1) is 0 Å². The molecule has 0 aliphatic rings.